The summed E-state index contributed by atoms with van der Waals surface area (Å²) in [6.45, 7) is 8.92. The van der Waals surface area contributed by atoms with Gasteiger partial charge in [-0.3, -0.25) is 10.1 Å². The summed E-state index contributed by atoms with van der Waals surface area (Å²) in [6, 6.07) is 9.78. The number of likely N-dealkylation sites (N-methyl/N-ethyl adjacent to an activating group) is 1. The van der Waals surface area contributed by atoms with E-state index in [1.54, 1.807) is 0 Å². The smallest absolute Gasteiger partial charge is 0.242 e. The maximum Gasteiger partial charge on any atom is 0.242 e. The fourth-order valence-corrected chi connectivity index (χ4v) is 2.79. The number of amides is 1. The van der Waals surface area contributed by atoms with Crippen LogP contribution in [0.3, 0.4) is 0 Å². The van der Waals surface area contributed by atoms with Gasteiger partial charge < -0.3 is 10.6 Å². The molecule has 1 atom stereocenters. The zero-order valence-electron chi connectivity index (χ0n) is 13.7. The Labute approximate surface area is 128 Å². The molecule has 0 heterocycles. The number of rotatable bonds is 9. The molecule has 0 aromatic heterocycles. The Bertz CT molecular complexity index is 433. The number of carbonyl (C=O) groups excluding carboxylic acids is 1. The highest BCUT2D eigenvalue weighted by molar-refractivity contribution is 5.86. The minimum absolute atomic E-state index is 0.312. The fourth-order valence-electron chi connectivity index (χ4n) is 2.79. The van der Waals surface area contributed by atoms with Crippen LogP contribution in [0, 0.1) is 5.92 Å². The van der Waals surface area contributed by atoms with Gasteiger partial charge in [0.1, 0.15) is 5.54 Å². The Hall–Kier alpha value is -1.39. The Morgan fingerprint density at radius 1 is 1.33 bits per heavy atom. The van der Waals surface area contributed by atoms with Crippen LogP contribution in [0.4, 0.5) is 0 Å². The predicted molar refractivity (Wildman–Crippen MR) is 87.9 cm³/mol. The molecule has 0 aliphatic rings. The lowest BCUT2D eigenvalue weighted by atomic mass is 9.85. The molecule has 0 saturated carbocycles. The molecule has 0 spiro atoms. The molecule has 4 heteroatoms. The maximum atomic E-state index is 12.2. The summed E-state index contributed by atoms with van der Waals surface area (Å²) in [5.74, 6) is 0.294. The molecule has 0 fully saturated rings. The van der Waals surface area contributed by atoms with Crippen LogP contribution in [-0.4, -0.2) is 37.5 Å². The van der Waals surface area contributed by atoms with Crippen LogP contribution in [0.5, 0.6) is 0 Å². The molecule has 1 rings (SSSR count). The second-order valence-electron chi connectivity index (χ2n) is 6.07. The zero-order valence-corrected chi connectivity index (χ0v) is 13.7. The number of hydrogen-bond donors (Lipinski definition) is 2. The lowest BCUT2D eigenvalue weighted by Crippen LogP contribution is -2.54. The molecule has 118 valence electrons. The lowest BCUT2D eigenvalue weighted by Gasteiger charge is -2.34. The van der Waals surface area contributed by atoms with Gasteiger partial charge in [0.05, 0.1) is 0 Å². The van der Waals surface area contributed by atoms with E-state index >= 15 is 0 Å². The van der Waals surface area contributed by atoms with E-state index in [-0.39, 0.29) is 5.91 Å². The van der Waals surface area contributed by atoms with Crippen LogP contribution >= 0.6 is 0 Å². The monoisotopic (exact) mass is 291 g/mol. The average molecular weight is 291 g/mol. The molecule has 0 saturated heterocycles. The minimum atomic E-state index is -0.790. The van der Waals surface area contributed by atoms with Gasteiger partial charge in [-0.05, 0) is 31.5 Å². The van der Waals surface area contributed by atoms with Crippen LogP contribution in [0.25, 0.3) is 0 Å². The number of nitrogens with two attached hydrogens (primary N) is 1. The van der Waals surface area contributed by atoms with E-state index in [0.717, 1.165) is 18.7 Å². The van der Waals surface area contributed by atoms with Gasteiger partial charge in [-0.25, -0.2) is 0 Å². The number of nitrogens with zero attached hydrogens (tertiary/aromatic N) is 1. The first-order valence-corrected chi connectivity index (χ1v) is 7.71. The zero-order chi connectivity index (χ0) is 15.9. The summed E-state index contributed by atoms with van der Waals surface area (Å²) in [7, 11) is 2.09. The Kier molecular flexibility index (Phi) is 6.85. The van der Waals surface area contributed by atoms with Crippen molar-refractivity contribution in [1.82, 2.24) is 10.2 Å². The molecule has 1 aromatic rings. The number of carbonyl (C=O) groups is 1. The summed E-state index contributed by atoms with van der Waals surface area (Å²) in [4.78, 5) is 14.4. The molecular weight excluding hydrogens is 262 g/mol. The second-order valence-corrected chi connectivity index (χ2v) is 6.07. The van der Waals surface area contributed by atoms with E-state index in [0.29, 0.717) is 18.9 Å². The molecule has 0 aliphatic carbocycles. The van der Waals surface area contributed by atoms with Crippen molar-refractivity contribution in [1.29, 1.82) is 0 Å². The molecule has 4 nitrogen and oxygen atoms in total. The van der Waals surface area contributed by atoms with Gasteiger partial charge in [0.25, 0.3) is 0 Å². The van der Waals surface area contributed by atoms with E-state index in [4.69, 9.17) is 5.73 Å². The number of benzene rings is 1. The molecule has 21 heavy (non-hydrogen) atoms. The molecular formula is C17H29N3O. The van der Waals surface area contributed by atoms with Crippen molar-refractivity contribution in [3.05, 3.63) is 35.9 Å². The minimum Gasteiger partial charge on any atom is -0.368 e. The third kappa shape index (κ3) is 4.83. The predicted octanol–water partition coefficient (Wildman–Crippen LogP) is 1.95. The van der Waals surface area contributed by atoms with E-state index in [2.05, 4.69) is 31.1 Å². The first kappa shape index (κ1) is 17.7. The summed E-state index contributed by atoms with van der Waals surface area (Å²) < 4.78 is 0. The van der Waals surface area contributed by atoms with Crippen LogP contribution in [-0.2, 0) is 10.3 Å². The molecule has 0 radical (unpaired) electrons. The van der Waals surface area contributed by atoms with E-state index in [1.165, 1.54) is 0 Å². The highest BCUT2D eigenvalue weighted by Gasteiger charge is 2.37. The van der Waals surface area contributed by atoms with Crippen molar-refractivity contribution in [2.45, 2.75) is 32.7 Å². The van der Waals surface area contributed by atoms with Crippen LogP contribution in [0.2, 0.25) is 0 Å². The Morgan fingerprint density at radius 3 is 2.43 bits per heavy atom. The van der Waals surface area contributed by atoms with E-state index in [1.807, 2.05) is 37.3 Å². The van der Waals surface area contributed by atoms with Crippen molar-refractivity contribution >= 4 is 5.91 Å². The normalized spacial score (nSPS) is 14.4. The van der Waals surface area contributed by atoms with Crippen molar-refractivity contribution < 1.29 is 4.79 Å². The third-order valence-corrected chi connectivity index (χ3v) is 3.71. The molecule has 1 aromatic carbocycles. The SMILES string of the molecule is CCNC(CCN(C)CC(C)C)(C(N)=O)c1ccccc1. The van der Waals surface area contributed by atoms with Gasteiger partial charge >= 0.3 is 0 Å². The summed E-state index contributed by atoms with van der Waals surface area (Å²) >= 11 is 0. The number of primary amides is 1. The second kappa shape index (κ2) is 8.15. The molecule has 0 aliphatic heterocycles. The molecule has 1 unspecified atom stereocenters. The van der Waals surface area contributed by atoms with E-state index in [9.17, 15) is 4.79 Å². The van der Waals surface area contributed by atoms with Gasteiger partial charge in [-0.2, -0.15) is 0 Å². The average Bonchev–Trinajstić information content (AvgIpc) is 2.43. The number of nitrogens with one attached hydrogen (secondary N) is 1. The largest absolute Gasteiger partial charge is 0.368 e. The first-order chi connectivity index (χ1) is 9.92. The summed E-state index contributed by atoms with van der Waals surface area (Å²) in [6.07, 6.45) is 0.670. The van der Waals surface area contributed by atoms with Gasteiger partial charge in [0.2, 0.25) is 5.91 Å². The fraction of sp³-hybridized carbons (Fsp3) is 0.588. The molecule has 1 amide bonds. The highest BCUT2D eigenvalue weighted by Crippen LogP contribution is 2.25. The summed E-state index contributed by atoms with van der Waals surface area (Å²) in [5, 5.41) is 3.32. The van der Waals surface area contributed by atoms with Gasteiger partial charge in [-0.15, -0.1) is 0 Å². The van der Waals surface area contributed by atoms with Crippen molar-refractivity contribution in [3.63, 3.8) is 0 Å². The quantitative estimate of drug-likeness (QED) is 0.731. The van der Waals surface area contributed by atoms with Crippen LogP contribution < -0.4 is 11.1 Å². The Balaban J connectivity index is 2.94. The topological polar surface area (TPSA) is 58.4 Å². The highest BCUT2D eigenvalue weighted by atomic mass is 16.1. The maximum absolute atomic E-state index is 12.2. The van der Waals surface area contributed by atoms with Gasteiger partial charge in [0, 0.05) is 13.1 Å². The lowest BCUT2D eigenvalue weighted by molar-refractivity contribution is -0.125. The van der Waals surface area contributed by atoms with Crippen molar-refractivity contribution in [2.75, 3.05) is 26.7 Å². The van der Waals surface area contributed by atoms with Gasteiger partial charge in [-0.1, -0.05) is 51.1 Å². The van der Waals surface area contributed by atoms with Crippen LogP contribution in [0.1, 0.15) is 32.8 Å². The standard InChI is InChI=1S/C17H29N3O/c1-5-19-17(16(18)21,15-9-7-6-8-10-15)11-12-20(4)13-14(2)3/h6-10,14,19H,5,11-13H2,1-4H3,(H2,18,21). The third-order valence-electron chi connectivity index (χ3n) is 3.71. The van der Waals surface area contributed by atoms with Crippen LogP contribution in [0.15, 0.2) is 30.3 Å². The van der Waals surface area contributed by atoms with Gasteiger partial charge in [0.15, 0.2) is 0 Å². The molecule has 3 N–H and O–H groups in total. The summed E-state index contributed by atoms with van der Waals surface area (Å²) in [5.41, 5.74) is 5.91. The molecule has 0 bridgehead atoms. The van der Waals surface area contributed by atoms with Crippen molar-refractivity contribution in [2.24, 2.45) is 11.7 Å². The van der Waals surface area contributed by atoms with Crippen molar-refractivity contribution in [3.8, 4) is 0 Å². The number of hydrogen-bond acceptors (Lipinski definition) is 3. The Morgan fingerprint density at radius 2 is 1.95 bits per heavy atom. The van der Waals surface area contributed by atoms with E-state index < -0.39 is 5.54 Å². The first-order valence-electron chi connectivity index (χ1n) is 7.71.